The molecule has 1 amide bonds. The summed E-state index contributed by atoms with van der Waals surface area (Å²) in [5, 5.41) is 3.37. The molecular weight excluding hydrogens is 338 g/mol. The van der Waals surface area contributed by atoms with E-state index in [0.717, 1.165) is 16.9 Å². The van der Waals surface area contributed by atoms with Crippen LogP contribution in [0.4, 0.5) is 0 Å². The van der Waals surface area contributed by atoms with Crippen molar-refractivity contribution in [2.75, 3.05) is 6.54 Å². The fourth-order valence-electron chi connectivity index (χ4n) is 2.48. The zero-order valence-corrected chi connectivity index (χ0v) is 14.9. The summed E-state index contributed by atoms with van der Waals surface area (Å²) in [6.45, 7) is 3.90. The summed E-state index contributed by atoms with van der Waals surface area (Å²) in [6.07, 6.45) is 0.614. The van der Waals surface area contributed by atoms with Crippen LogP contribution >= 0.6 is 11.6 Å². The second kappa shape index (κ2) is 7.15. The van der Waals surface area contributed by atoms with E-state index in [2.05, 4.69) is 15.3 Å². The van der Waals surface area contributed by atoms with Crippen molar-refractivity contribution in [1.82, 2.24) is 15.3 Å². The number of aromatic amines is 1. The lowest BCUT2D eigenvalue weighted by Crippen LogP contribution is -2.47. The van der Waals surface area contributed by atoms with Gasteiger partial charge in [0.1, 0.15) is 11.6 Å². The summed E-state index contributed by atoms with van der Waals surface area (Å²) < 4.78 is 5.78. The van der Waals surface area contributed by atoms with Crippen molar-refractivity contribution in [3.8, 4) is 5.75 Å². The monoisotopic (exact) mass is 357 g/mol. The number of carbonyl (C=O) groups is 1. The summed E-state index contributed by atoms with van der Waals surface area (Å²) in [5.41, 5.74) is 0.885. The Morgan fingerprint density at radius 2 is 1.92 bits per heavy atom. The number of amides is 1. The first-order valence-electron chi connectivity index (χ1n) is 8.11. The van der Waals surface area contributed by atoms with Crippen LogP contribution in [-0.2, 0) is 11.2 Å². The van der Waals surface area contributed by atoms with Gasteiger partial charge in [-0.1, -0.05) is 35.9 Å². The molecule has 6 heteroatoms. The van der Waals surface area contributed by atoms with Gasteiger partial charge >= 0.3 is 0 Å². The average molecular weight is 358 g/mol. The SMILES string of the molecule is CC(C)(Oc1ccccc1Cl)C(=O)NCCc1nc2ccccc2[nH]1. The Morgan fingerprint density at radius 1 is 1.20 bits per heavy atom. The van der Waals surface area contributed by atoms with Crippen LogP contribution in [0.2, 0.25) is 5.02 Å². The number of halogens is 1. The van der Waals surface area contributed by atoms with Crippen molar-refractivity contribution in [3.63, 3.8) is 0 Å². The van der Waals surface area contributed by atoms with E-state index in [0.29, 0.717) is 23.7 Å². The molecule has 1 heterocycles. The highest BCUT2D eigenvalue weighted by Gasteiger charge is 2.30. The van der Waals surface area contributed by atoms with Crippen LogP contribution in [0.5, 0.6) is 5.75 Å². The first kappa shape index (κ1) is 17.3. The van der Waals surface area contributed by atoms with Crippen LogP contribution in [0.15, 0.2) is 48.5 Å². The topological polar surface area (TPSA) is 67.0 Å². The van der Waals surface area contributed by atoms with Crippen molar-refractivity contribution in [1.29, 1.82) is 0 Å². The maximum atomic E-state index is 12.4. The lowest BCUT2D eigenvalue weighted by molar-refractivity contribution is -0.134. The summed E-state index contributed by atoms with van der Waals surface area (Å²) in [5.74, 6) is 1.12. The zero-order valence-electron chi connectivity index (χ0n) is 14.2. The zero-order chi connectivity index (χ0) is 17.9. The van der Waals surface area contributed by atoms with Crippen molar-refractivity contribution < 1.29 is 9.53 Å². The molecule has 0 saturated heterocycles. The van der Waals surface area contributed by atoms with Gasteiger partial charge < -0.3 is 15.0 Å². The number of carbonyl (C=O) groups excluding carboxylic acids is 1. The summed E-state index contributed by atoms with van der Waals surface area (Å²) >= 11 is 6.09. The maximum absolute atomic E-state index is 12.4. The number of nitrogens with one attached hydrogen (secondary N) is 2. The van der Waals surface area contributed by atoms with Crippen molar-refractivity contribution >= 4 is 28.5 Å². The Kier molecular flexibility index (Phi) is 4.95. The minimum atomic E-state index is -1.03. The van der Waals surface area contributed by atoms with Gasteiger partial charge in [0.05, 0.1) is 16.1 Å². The second-order valence-corrected chi connectivity index (χ2v) is 6.66. The van der Waals surface area contributed by atoms with E-state index < -0.39 is 5.60 Å². The van der Waals surface area contributed by atoms with Gasteiger partial charge in [0.25, 0.3) is 5.91 Å². The van der Waals surface area contributed by atoms with Gasteiger partial charge in [-0.25, -0.2) is 4.98 Å². The van der Waals surface area contributed by atoms with E-state index in [1.807, 2.05) is 36.4 Å². The van der Waals surface area contributed by atoms with E-state index in [9.17, 15) is 4.79 Å². The summed E-state index contributed by atoms with van der Waals surface area (Å²) in [4.78, 5) is 20.2. The predicted octanol–water partition coefficient (Wildman–Crippen LogP) is 3.73. The Morgan fingerprint density at radius 3 is 2.68 bits per heavy atom. The van der Waals surface area contributed by atoms with Crippen LogP contribution in [0, 0.1) is 0 Å². The van der Waals surface area contributed by atoms with Gasteiger partial charge in [0.15, 0.2) is 5.60 Å². The van der Waals surface area contributed by atoms with E-state index in [1.54, 1.807) is 26.0 Å². The van der Waals surface area contributed by atoms with E-state index in [4.69, 9.17) is 16.3 Å². The van der Waals surface area contributed by atoms with Crippen LogP contribution < -0.4 is 10.1 Å². The molecule has 2 aromatic carbocycles. The number of rotatable bonds is 6. The third kappa shape index (κ3) is 4.12. The molecule has 0 bridgehead atoms. The number of para-hydroxylation sites is 3. The number of fused-ring (bicyclic) bond motifs is 1. The quantitative estimate of drug-likeness (QED) is 0.706. The Hall–Kier alpha value is -2.53. The Labute approximate surface area is 151 Å². The van der Waals surface area contributed by atoms with Crippen molar-refractivity contribution in [3.05, 3.63) is 59.4 Å². The average Bonchev–Trinajstić information content (AvgIpc) is 2.99. The highest BCUT2D eigenvalue weighted by molar-refractivity contribution is 6.32. The highest BCUT2D eigenvalue weighted by Crippen LogP contribution is 2.27. The normalized spacial score (nSPS) is 11.5. The molecule has 0 fully saturated rings. The van der Waals surface area contributed by atoms with Crippen LogP contribution in [-0.4, -0.2) is 28.0 Å². The van der Waals surface area contributed by atoms with Gasteiger partial charge in [-0.2, -0.15) is 0 Å². The van der Waals surface area contributed by atoms with E-state index in [-0.39, 0.29) is 5.91 Å². The second-order valence-electron chi connectivity index (χ2n) is 6.25. The first-order chi connectivity index (χ1) is 12.0. The molecule has 3 rings (SSSR count). The van der Waals surface area contributed by atoms with E-state index >= 15 is 0 Å². The standard InChI is InChI=1S/C19H20ClN3O2/c1-19(2,25-16-10-6-3-7-13(16)20)18(24)21-12-11-17-22-14-8-4-5-9-15(14)23-17/h3-10H,11-12H2,1-2H3,(H,21,24)(H,22,23). The number of hydrogen-bond acceptors (Lipinski definition) is 3. The molecule has 3 aromatic rings. The largest absolute Gasteiger partial charge is 0.476 e. The molecule has 0 aliphatic carbocycles. The fourth-order valence-corrected chi connectivity index (χ4v) is 2.65. The number of ether oxygens (including phenoxy) is 1. The maximum Gasteiger partial charge on any atom is 0.263 e. The molecule has 130 valence electrons. The fraction of sp³-hybridized carbons (Fsp3) is 0.263. The summed E-state index contributed by atoms with van der Waals surface area (Å²) in [7, 11) is 0. The number of aromatic nitrogens is 2. The minimum Gasteiger partial charge on any atom is -0.476 e. The molecule has 25 heavy (non-hydrogen) atoms. The highest BCUT2D eigenvalue weighted by atomic mass is 35.5. The van der Waals surface area contributed by atoms with Crippen LogP contribution in [0.25, 0.3) is 11.0 Å². The predicted molar refractivity (Wildman–Crippen MR) is 99.0 cm³/mol. The Balaban J connectivity index is 1.56. The molecule has 0 aliphatic heterocycles. The van der Waals surface area contributed by atoms with Crippen LogP contribution in [0.3, 0.4) is 0 Å². The molecule has 1 aromatic heterocycles. The molecule has 0 unspecified atom stereocenters. The molecule has 0 saturated carbocycles. The number of nitrogens with zero attached hydrogens (tertiary/aromatic N) is 1. The first-order valence-corrected chi connectivity index (χ1v) is 8.49. The van der Waals surface area contributed by atoms with Gasteiger partial charge in [0.2, 0.25) is 0 Å². The van der Waals surface area contributed by atoms with Crippen molar-refractivity contribution in [2.45, 2.75) is 25.9 Å². The smallest absolute Gasteiger partial charge is 0.263 e. The van der Waals surface area contributed by atoms with Crippen LogP contribution in [0.1, 0.15) is 19.7 Å². The molecule has 5 nitrogen and oxygen atoms in total. The minimum absolute atomic E-state index is 0.205. The van der Waals surface area contributed by atoms with E-state index in [1.165, 1.54) is 0 Å². The number of H-pyrrole nitrogens is 1. The molecule has 0 aliphatic rings. The van der Waals surface area contributed by atoms with Crippen molar-refractivity contribution in [2.24, 2.45) is 0 Å². The molecule has 0 atom stereocenters. The number of imidazole rings is 1. The molecule has 0 radical (unpaired) electrons. The van der Waals surface area contributed by atoms with Gasteiger partial charge in [0, 0.05) is 13.0 Å². The van der Waals surface area contributed by atoms with Gasteiger partial charge in [-0.3, -0.25) is 4.79 Å². The number of hydrogen-bond donors (Lipinski definition) is 2. The lowest BCUT2D eigenvalue weighted by atomic mass is 10.1. The van der Waals surface area contributed by atoms with Gasteiger partial charge in [-0.15, -0.1) is 0 Å². The lowest BCUT2D eigenvalue weighted by Gasteiger charge is -2.25. The molecule has 2 N–H and O–H groups in total. The third-order valence-corrected chi connectivity index (χ3v) is 4.15. The van der Waals surface area contributed by atoms with Gasteiger partial charge in [-0.05, 0) is 38.1 Å². The molecule has 0 spiro atoms. The Bertz CT molecular complexity index is 856. The summed E-state index contributed by atoms with van der Waals surface area (Å²) in [6, 6.07) is 14.9. The third-order valence-electron chi connectivity index (χ3n) is 3.83. The molecular formula is C19H20ClN3O2. The number of benzene rings is 2.